The average molecular weight is 391 g/mol. The molecule has 0 atom stereocenters. The van der Waals surface area contributed by atoms with Gasteiger partial charge in [-0.05, 0) is 45.0 Å². The van der Waals surface area contributed by atoms with E-state index in [2.05, 4.69) is 9.97 Å². The highest BCUT2D eigenvalue weighted by Crippen LogP contribution is 2.40. The second-order valence-corrected chi connectivity index (χ2v) is 7.21. The maximum absolute atomic E-state index is 13.0. The first-order valence-electron chi connectivity index (χ1n) is 8.18. The summed E-state index contributed by atoms with van der Waals surface area (Å²) in [5, 5.41) is 0.0768. The van der Waals surface area contributed by atoms with Crippen LogP contribution in [0.5, 0.6) is 5.75 Å². The highest BCUT2D eigenvalue weighted by molar-refractivity contribution is 6.34. The molecule has 1 aliphatic heterocycles. The summed E-state index contributed by atoms with van der Waals surface area (Å²) in [5.74, 6) is 0.512. The van der Waals surface area contributed by atoms with Gasteiger partial charge in [0.05, 0.1) is 7.11 Å². The largest absolute Gasteiger partial charge is 0.497 e. The summed E-state index contributed by atoms with van der Waals surface area (Å²) in [6.07, 6.45) is 0.614. The summed E-state index contributed by atoms with van der Waals surface area (Å²) >= 11 is 6.20. The van der Waals surface area contributed by atoms with Crippen LogP contribution in [0.2, 0.25) is 5.15 Å². The number of amides is 2. The van der Waals surface area contributed by atoms with Crippen molar-refractivity contribution in [2.24, 2.45) is 0 Å². The number of benzene rings is 1. The van der Waals surface area contributed by atoms with Crippen molar-refractivity contribution in [3.63, 3.8) is 0 Å². The smallest absolute Gasteiger partial charge is 0.417 e. The van der Waals surface area contributed by atoms with E-state index in [9.17, 15) is 9.59 Å². The van der Waals surface area contributed by atoms with E-state index in [1.54, 1.807) is 52.1 Å². The lowest BCUT2D eigenvalue weighted by atomic mass is 10.2. The Bertz CT molecular complexity index is 880. The summed E-state index contributed by atoms with van der Waals surface area (Å²) in [7, 11) is 1.55. The van der Waals surface area contributed by atoms with Gasteiger partial charge >= 0.3 is 6.09 Å². The van der Waals surface area contributed by atoms with Gasteiger partial charge in [0, 0.05) is 5.56 Å². The number of hydrogen-bond donors (Lipinski definition) is 0. The van der Waals surface area contributed by atoms with Gasteiger partial charge in [-0.1, -0.05) is 11.6 Å². The van der Waals surface area contributed by atoms with E-state index < -0.39 is 11.7 Å². The minimum absolute atomic E-state index is 0.0759. The molecule has 1 aliphatic rings. The lowest BCUT2D eigenvalue weighted by Gasteiger charge is -2.24. The number of carbonyl (C=O) groups is 2. The fraction of sp³-hybridized carbons (Fsp3) is 0.333. The van der Waals surface area contributed by atoms with Gasteiger partial charge in [-0.15, -0.1) is 0 Å². The predicted molar refractivity (Wildman–Crippen MR) is 100 cm³/mol. The number of carbonyl (C=O) groups excluding carboxylic acids is 2. The number of hydrogen-bond acceptors (Lipinski definition) is 6. The zero-order chi connectivity index (χ0) is 19.8. The number of nitrogens with zero attached hydrogens (tertiary/aromatic N) is 4. The van der Waals surface area contributed by atoms with Crippen LogP contribution in [0.15, 0.2) is 30.6 Å². The maximum Gasteiger partial charge on any atom is 0.417 e. The van der Waals surface area contributed by atoms with E-state index in [1.807, 2.05) is 0 Å². The number of anilines is 2. The minimum Gasteiger partial charge on any atom is -0.497 e. The molecule has 9 heteroatoms. The molecule has 0 saturated carbocycles. The van der Waals surface area contributed by atoms with E-state index in [4.69, 9.17) is 21.1 Å². The topological polar surface area (TPSA) is 84.9 Å². The molecular formula is C18H19ClN4O4. The summed E-state index contributed by atoms with van der Waals surface area (Å²) in [6, 6.07) is 6.63. The van der Waals surface area contributed by atoms with Crippen LogP contribution in [0.3, 0.4) is 0 Å². The molecule has 8 nitrogen and oxygen atoms in total. The molecule has 0 N–H and O–H groups in total. The number of halogens is 1. The van der Waals surface area contributed by atoms with E-state index in [0.29, 0.717) is 11.3 Å². The Kier molecular flexibility index (Phi) is 4.93. The fourth-order valence-electron chi connectivity index (χ4n) is 2.57. The van der Waals surface area contributed by atoms with E-state index in [0.717, 1.165) is 0 Å². The molecule has 0 radical (unpaired) electrons. The van der Waals surface area contributed by atoms with Crippen molar-refractivity contribution < 1.29 is 19.1 Å². The van der Waals surface area contributed by atoms with Gasteiger partial charge in [0.2, 0.25) is 0 Å². The standard InChI is InChI=1S/C18H19ClN4O4/c1-18(2,3)27-17(25)23-10-22(13-14(19)20-9-21-15(13)23)16(24)11-5-7-12(26-4)8-6-11/h5-9H,10H2,1-4H3. The molecule has 0 bridgehead atoms. The molecule has 1 aromatic heterocycles. The highest BCUT2D eigenvalue weighted by atomic mass is 35.5. The lowest BCUT2D eigenvalue weighted by molar-refractivity contribution is 0.0582. The van der Waals surface area contributed by atoms with Gasteiger partial charge in [-0.2, -0.15) is 0 Å². The molecule has 2 aromatic rings. The average Bonchev–Trinajstić information content (AvgIpc) is 3.01. The van der Waals surface area contributed by atoms with Crippen molar-refractivity contribution in [3.8, 4) is 5.75 Å². The Labute approximate surface area is 161 Å². The van der Waals surface area contributed by atoms with Crippen LogP contribution >= 0.6 is 11.6 Å². The first kappa shape index (κ1) is 18.9. The summed E-state index contributed by atoms with van der Waals surface area (Å²) in [4.78, 5) is 36.2. The Morgan fingerprint density at radius 3 is 2.37 bits per heavy atom. The third kappa shape index (κ3) is 3.80. The third-order valence-corrected chi connectivity index (χ3v) is 4.04. The van der Waals surface area contributed by atoms with E-state index in [-0.39, 0.29) is 29.2 Å². The van der Waals surface area contributed by atoms with Crippen LogP contribution in [0.25, 0.3) is 0 Å². The second kappa shape index (κ2) is 7.03. The van der Waals surface area contributed by atoms with Crippen LogP contribution < -0.4 is 14.5 Å². The Morgan fingerprint density at radius 2 is 1.78 bits per heavy atom. The van der Waals surface area contributed by atoms with Gasteiger partial charge < -0.3 is 9.47 Å². The normalized spacial score (nSPS) is 13.4. The summed E-state index contributed by atoms with van der Waals surface area (Å²) < 4.78 is 10.5. The molecule has 0 spiro atoms. The number of ether oxygens (including phenoxy) is 2. The monoisotopic (exact) mass is 390 g/mol. The molecular weight excluding hydrogens is 372 g/mol. The van der Waals surface area contributed by atoms with Gasteiger partial charge in [0.1, 0.15) is 30.0 Å². The number of methoxy groups -OCH3 is 1. The van der Waals surface area contributed by atoms with Crippen molar-refractivity contribution in [2.75, 3.05) is 23.6 Å². The molecule has 2 amide bonds. The van der Waals surface area contributed by atoms with Gasteiger partial charge in [0.15, 0.2) is 11.0 Å². The summed E-state index contributed by atoms with van der Waals surface area (Å²) in [5.41, 5.74) is -0.0138. The third-order valence-electron chi connectivity index (χ3n) is 3.76. The van der Waals surface area contributed by atoms with E-state index in [1.165, 1.54) is 16.1 Å². The lowest BCUT2D eigenvalue weighted by Crippen LogP contribution is -2.41. The van der Waals surface area contributed by atoms with Crippen LogP contribution in [0, 0.1) is 0 Å². The van der Waals surface area contributed by atoms with Crippen molar-refractivity contribution in [1.29, 1.82) is 0 Å². The first-order chi connectivity index (χ1) is 12.7. The predicted octanol–water partition coefficient (Wildman–Crippen LogP) is 3.50. The van der Waals surface area contributed by atoms with Crippen LogP contribution in [-0.4, -0.2) is 41.3 Å². The molecule has 142 valence electrons. The summed E-state index contributed by atoms with van der Waals surface area (Å²) in [6.45, 7) is 5.20. The molecule has 0 saturated heterocycles. The Hall–Kier alpha value is -2.87. The fourth-order valence-corrected chi connectivity index (χ4v) is 2.80. The SMILES string of the molecule is COc1ccc(C(=O)N2CN(C(=O)OC(C)(C)C)c3ncnc(Cl)c32)cc1. The molecule has 3 rings (SSSR count). The second-order valence-electron chi connectivity index (χ2n) is 6.85. The molecule has 0 aliphatic carbocycles. The van der Waals surface area contributed by atoms with Crippen LogP contribution in [0.1, 0.15) is 31.1 Å². The number of aromatic nitrogens is 2. The Morgan fingerprint density at radius 1 is 1.11 bits per heavy atom. The van der Waals surface area contributed by atoms with Crippen molar-refractivity contribution in [3.05, 3.63) is 41.3 Å². The Balaban J connectivity index is 1.95. The zero-order valence-corrected chi connectivity index (χ0v) is 16.1. The molecule has 2 heterocycles. The number of fused-ring (bicyclic) bond motifs is 1. The van der Waals surface area contributed by atoms with Crippen LogP contribution in [0.4, 0.5) is 16.3 Å². The van der Waals surface area contributed by atoms with E-state index >= 15 is 0 Å². The molecule has 0 fully saturated rings. The minimum atomic E-state index is -0.693. The van der Waals surface area contributed by atoms with Gasteiger partial charge in [0.25, 0.3) is 5.91 Å². The maximum atomic E-state index is 13.0. The zero-order valence-electron chi connectivity index (χ0n) is 15.4. The van der Waals surface area contributed by atoms with Gasteiger partial charge in [-0.25, -0.2) is 19.7 Å². The molecule has 1 aromatic carbocycles. The van der Waals surface area contributed by atoms with Crippen molar-refractivity contribution in [2.45, 2.75) is 26.4 Å². The van der Waals surface area contributed by atoms with Gasteiger partial charge in [-0.3, -0.25) is 9.69 Å². The van der Waals surface area contributed by atoms with Crippen molar-refractivity contribution in [1.82, 2.24) is 9.97 Å². The van der Waals surface area contributed by atoms with Crippen molar-refractivity contribution >= 4 is 35.1 Å². The molecule has 27 heavy (non-hydrogen) atoms. The van der Waals surface area contributed by atoms with Crippen LogP contribution in [-0.2, 0) is 4.74 Å². The quantitative estimate of drug-likeness (QED) is 0.729. The number of rotatable bonds is 2. The highest BCUT2D eigenvalue weighted by Gasteiger charge is 2.39. The first-order valence-corrected chi connectivity index (χ1v) is 8.56. The molecule has 0 unspecified atom stereocenters.